The van der Waals surface area contributed by atoms with Crippen molar-refractivity contribution in [3.63, 3.8) is 0 Å². The first-order valence-electron chi connectivity index (χ1n) is 10.8. The molecule has 0 aliphatic carbocycles. The summed E-state index contributed by atoms with van der Waals surface area (Å²) in [5, 5.41) is 10.6. The van der Waals surface area contributed by atoms with Gasteiger partial charge in [0.25, 0.3) is 0 Å². The molecular formula is C27H25N3O2S. The van der Waals surface area contributed by atoms with Gasteiger partial charge in [-0.25, -0.2) is 4.79 Å². The number of hydrogen-bond donors (Lipinski definition) is 0. The summed E-state index contributed by atoms with van der Waals surface area (Å²) in [4.78, 5) is 18.0. The van der Waals surface area contributed by atoms with Gasteiger partial charge in [-0.2, -0.15) is 5.26 Å². The average Bonchev–Trinajstić information content (AvgIpc) is 3.15. The largest absolute Gasteiger partial charge is 0.462 e. The van der Waals surface area contributed by atoms with Crippen LogP contribution in [0.3, 0.4) is 0 Å². The van der Waals surface area contributed by atoms with Crippen LogP contribution in [0.4, 0.5) is 0 Å². The third-order valence-electron chi connectivity index (χ3n) is 5.76. The van der Waals surface area contributed by atoms with E-state index in [0.29, 0.717) is 24.2 Å². The van der Waals surface area contributed by atoms with Gasteiger partial charge < -0.3 is 4.74 Å². The molecule has 0 aliphatic heterocycles. The van der Waals surface area contributed by atoms with Crippen molar-refractivity contribution in [1.29, 1.82) is 5.26 Å². The zero-order chi connectivity index (χ0) is 23.5. The van der Waals surface area contributed by atoms with E-state index < -0.39 is 0 Å². The summed E-state index contributed by atoms with van der Waals surface area (Å²) in [5.74, 6) is -0.350. The molecular weight excluding hydrogens is 430 g/mol. The average molecular weight is 456 g/mol. The molecule has 0 amide bonds. The van der Waals surface area contributed by atoms with Crippen LogP contribution in [0.15, 0.2) is 59.6 Å². The molecule has 2 aromatic carbocycles. The highest BCUT2D eigenvalue weighted by Crippen LogP contribution is 2.34. The number of ether oxygens (including phenoxy) is 1. The smallest absolute Gasteiger partial charge is 0.339 e. The van der Waals surface area contributed by atoms with Crippen molar-refractivity contribution in [1.82, 2.24) is 8.96 Å². The number of nitrogens with zero attached hydrogens (tertiary/aromatic N) is 3. The van der Waals surface area contributed by atoms with Gasteiger partial charge in [0.1, 0.15) is 0 Å². The van der Waals surface area contributed by atoms with Crippen LogP contribution >= 0.6 is 11.9 Å². The van der Waals surface area contributed by atoms with Crippen LogP contribution < -0.4 is 0 Å². The number of fused-ring (bicyclic) bond motifs is 1. The summed E-state index contributed by atoms with van der Waals surface area (Å²) >= 11 is 1.62. The molecule has 0 bridgehead atoms. The van der Waals surface area contributed by atoms with E-state index in [-0.39, 0.29) is 5.97 Å². The van der Waals surface area contributed by atoms with Gasteiger partial charge in [0.15, 0.2) is 0 Å². The van der Waals surface area contributed by atoms with Crippen LogP contribution in [-0.4, -0.2) is 21.5 Å². The quantitative estimate of drug-likeness (QED) is 0.326. The summed E-state index contributed by atoms with van der Waals surface area (Å²) < 4.78 is 7.42. The maximum atomic E-state index is 12.4. The topological polar surface area (TPSA) is 67.9 Å². The summed E-state index contributed by atoms with van der Waals surface area (Å²) in [7, 11) is 0. The number of hydrogen-bond acceptors (Lipinski definition) is 5. The summed E-state index contributed by atoms with van der Waals surface area (Å²) in [5.41, 5.74) is 7.05. The highest BCUT2D eigenvalue weighted by Gasteiger charge is 2.19. The summed E-state index contributed by atoms with van der Waals surface area (Å²) in [6.07, 6.45) is 2.21. The predicted octanol–water partition coefficient (Wildman–Crippen LogP) is 6.16. The van der Waals surface area contributed by atoms with Crippen LogP contribution in [0.25, 0.3) is 10.9 Å². The normalized spacial score (nSPS) is 10.9. The maximum Gasteiger partial charge on any atom is 0.339 e. The van der Waals surface area contributed by atoms with Crippen LogP contribution in [0.1, 0.15) is 50.9 Å². The number of aryl methyl sites for hydroxylation is 2. The third-order valence-corrected chi connectivity index (χ3v) is 6.86. The maximum absolute atomic E-state index is 12.4. The second kappa shape index (κ2) is 9.51. The molecule has 0 spiro atoms. The lowest BCUT2D eigenvalue weighted by molar-refractivity contribution is 0.0525. The number of carbonyl (C=O) groups excluding carboxylic acids is 1. The van der Waals surface area contributed by atoms with E-state index in [1.165, 1.54) is 0 Å². The van der Waals surface area contributed by atoms with Crippen molar-refractivity contribution < 1.29 is 9.53 Å². The Morgan fingerprint density at radius 2 is 1.91 bits per heavy atom. The number of esters is 1. The molecule has 6 heteroatoms. The number of rotatable bonds is 6. The molecule has 2 aromatic heterocycles. The Labute approximate surface area is 198 Å². The van der Waals surface area contributed by atoms with Gasteiger partial charge in [0.05, 0.1) is 29.3 Å². The Morgan fingerprint density at radius 1 is 1.15 bits per heavy atom. The fraction of sp³-hybridized carbons (Fsp3) is 0.222. The van der Waals surface area contributed by atoms with E-state index in [4.69, 9.17) is 4.74 Å². The minimum Gasteiger partial charge on any atom is -0.462 e. The highest BCUT2D eigenvalue weighted by atomic mass is 32.2. The number of benzene rings is 2. The first kappa shape index (κ1) is 22.6. The molecule has 0 saturated heterocycles. The molecule has 2 heterocycles. The lowest BCUT2D eigenvalue weighted by Crippen LogP contribution is -2.11. The van der Waals surface area contributed by atoms with E-state index in [9.17, 15) is 10.1 Å². The summed E-state index contributed by atoms with van der Waals surface area (Å²) in [6.45, 7) is 8.07. The van der Waals surface area contributed by atoms with Crippen molar-refractivity contribution in [3.8, 4) is 6.07 Å². The Bertz CT molecular complexity index is 1380. The van der Waals surface area contributed by atoms with Gasteiger partial charge in [0, 0.05) is 34.3 Å². The molecule has 0 unspecified atom stereocenters. The molecule has 0 fully saturated rings. The van der Waals surface area contributed by atoms with Gasteiger partial charge in [-0.3, -0.25) is 8.96 Å². The Morgan fingerprint density at radius 3 is 2.61 bits per heavy atom. The second-order valence-corrected chi connectivity index (χ2v) is 8.95. The number of carbonyl (C=O) groups is 1. The number of nitriles is 1. The van der Waals surface area contributed by atoms with Crippen LogP contribution in [0.5, 0.6) is 0 Å². The Kier molecular flexibility index (Phi) is 6.52. The first-order chi connectivity index (χ1) is 15.9. The standard InChI is InChI=1S/C27H25N3O2S/c1-5-32-27(31)25-16-29-19(4)24(18(25)3)14-21-13-23-17(2)11-20(15-28)12-26(23)30(21)33-22-9-7-6-8-10-22/h6-13,16H,5,14H2,1-4H3. The zero-order valence-electron chi connectivity index (χ0n) is 19.2. The monoisotopic (exact) mass is 455 g/mol. The van der Waals surface area contributed by atoms with Crippen molar-refractivity contribution in [3.05, 3.63) is 93.9 Å². The van der Waals surface area contributed by atoms with Crippen LogP contribution in [-0.2, 0) is 11.2 Å². The lowest BCUT2D eigenvalue weighted by Gasteiger charge is -2.15. The van der Waals surface area contributed by atoms with Crippen LogP contribution in [0.2, 0.25) is 0 Å². The van der Waals surface area contributed by atoms with Gasteiger partial charge in [-0.1, -0.05) is 18.2 Å². The van der Waals surface area contributed by atoms with Crippen LogP contribution in [0, 0.1) is 32.1 Å². The molecule has 4 rings (SSSR count). The van der Waals surface area contributed by atoms with Gasteiger partial charge in [-0.05, 0) is 86.7 Å². The second-order valence-electron chi connectivity index (χ2n) is 7.93. The number of aromatic nitrogens is 2. The molecule has 5 nitrogen and oxygen atoms in total. The lowest BCUT2D eigenvalue weighted by atomic mass is 9.98. The van der Waals surface area contributed by atoms with E-state index in [1.807, 2.05) is 51.1 Å². The molecule has 33 heavy (non-hydrogen) atoms. The Hall–Kier alpha value is -3.56. The third kappa shape index (κ3) is 4.50. The SMILES string of the molecule is CCOC(=O)c1cnc(C)c(Cc2cc3c(C)cc(C#N)cc3n2Sc2ccccc2)c1C. The minimum absolute atomic E-state index is 0.323. The van der Waals surface area contributed by atoms with E-state index in [0.717, 1.165) is 43.9 Å². The van der Waals surface area contributed by atoms with E-state index >= 15 is 0 Å². The highest BCUT2D eigenvalue weighted by molar-refractivity contribution is 7.98. The molecule has 0 saturated carbocycles. The Balaban J connectivity index is 1.87. The van der Waals surface area contributed by atoms with Crippen molar-refractivity contribution >= 4 is 28.8 Å². The number of pyridine rings is 1. The summed E-state index contributed by atoms with van der Waals surface area (Å²) in [6, 6.07) is 18.5. The zero-order valence-corrected chi connectivity index (χ0v) is 20.0. The fourth-order valence-corrected chi connectivity index (χ4v) is 5.00. The molecule has 0 aliphatic rings. The molecule has 0 N–H and O–H groups in total. The van der Waals surface area contributed by atoms with Crippen molar-refractivity contribution in [2.75, 3.05) is 6.61 Å². The van der Waals surface area contributed by atoms with Gasteiger partial charge in [-0.15, -0.1) is 0 Å². The van der Waals surface area contributed by atoms with Crippen molar-refractivity contribution in [2.24, 2.45) is 0 Å². The molecule has 0 atom stereocenters. The van der Waals surface area contributed by atoms with Gasteiger partial charge in [0.2, 0.25) is 0 Å². The molecule has 166 valence electrons. The first-order valence-corrected chi connectivity index (χ1v) is 11.6. The predicted molar refractivity (Wildman–Crippen MR) is 132 cm³/mol. The molecule has 0 radical (unpaired) electrons. The van der Waals surface area contributed by atoms with E-state index in [2.05, 4.69) is 33.2 Å². The fourth-order valence-electron chi connectivity index (χ4n) is 4.02. The van der Waals surface area contributed by atoms with Gasteiger partial charge >= 0.3 is 5.97 Å². The van der Waals surface area contributed by atoms with Crippen molar-refractivity contribution in [2.45, 2.75) is 39.0 Å². The van der Waals surface area contributed by atoms with E-state index in [1.54, 1.807) is 25.1 Å². The minimum atomic E-state index is -0.350. The molecule has 4 aromatic rings.